The summed E-state index contributed by atoms with van der Waals surface area (Å²) in [5, 5.41) is 4.17. The van der Waals surface area contributed by atoms with Gasteiger partial charge in [0.25, 0.3) is 5.91 Å². The second-order valence-corrected chi connectivity index (χ2v) is 5.35. The highest BCUT2D eigenvalue weighted by atomic mass is 16.1. The standard InChI is InChI=1S/C16H14N4O/c17-16(21)13-6-7-15-18-14(9-20(15)19-13)12-5-4-10-2-1-3-11(10)8-12/h4-9H,1-3H2,(H2,17,21). The van der Waals surface area contributed by atoms with E-state index in [1.807, 2.05) is 6.20 Å². The normalized spacial score (nSPS) is 13.5. The van der Waals surface area contributed by atoms with Crippen molar-refractivity contribution in [1.29, 1.82) is 0 Å². The molecule has 1 aliphatic carbocycles. The number of imidazole rings is 1. The first-order valence-corrected chi connectivity index (χ1v) is 6.99. The smallest absolute Gasteiger partial charge is 0.269 e. The number of aromatic nitrogens is 3. The van der Waals surface area contributed by atoms with Crippen LogP contribution in [0.4, 0.5) is 0 Å². The van der Waals surface area contributed by atoms with E-state index in [0.29, 0.717) is 5.65 Å². The lowest BCUT2D eigenvalue weighted by Crippen LogP contribution is -2.14. The third kappa shape index (κ3) is 1.98. The van der Waals surface area contributed by atoms with Gasteiger partial charge < -0.3 is 5.73 Å². The van der Waals surface area contributed by atoms with E-state index in [1.54, 1.807) is 16.6 Å². The fourth-order valence-corrected chi connectivity index (χ4v) is 2.88. The van der Waals surface area contributed by atoms with Crippen molar-refractivity contribution in [2.45, 2.75) is 19.3 Å². The highest BCUT2D eigenvalue weighted by molar-refractivity contribution is 5.90. The van der Waals surface area contributed by atoms with Gasteiger partial charge in [-0.05, 0) is 48.6 Å². The van der Waals surface area contributed by atoms with Crippen molar-refractivity contribution in [3.05, 3.63) is 53.3 Å². The molecule has 5 heteroatoms. The number of fused-ring (bicyclic) bond motifs is 2. The quantitative estimate of drug-likeness (QED) is 0.779. The number of primary amides is 1. The average Bonchev–Trinajstić information content (AvgIpc) is 3.11. The molecule has 0 spiro atoms. The molecule has 0 bridgehead atoms. The highest BCUT2D eigenvalue weighted by Gasteiger charge is 2.13. The Hall–Kier alpha value is -2.69. The summed E-state index contributed by atoms with van der Waals surface area (Å²) in [4.78, 5) is 15.7. The molecule has 2 N–H and O–H groups in total. The molecule has 0 saturated heterocycles. The van der Waals surface area contributed by atoms with Gasteiger partial charge in [-0.15, -0.1) is 0 Å². The van der Waals surface area contributed by atoms with Crippen LogP contribution >= 0.6 is 0 Å². The van der Waals surface area contributed by atoms with Gasteiger partial charge in [-0.1, -0.05) is 12.1 Å². The van der Waals surface area contributed by atoms with Crippen molar-refractivity contribution in [3.63, 3.8) is 0 Å². The molecule has 1 aromatic carbocycles. The molecule has 21 heavy (non-hydrogen) atoms. The Morgan fingerprint density at radius 1 is 1.14 bits per heavy atom. The summed E-state index contributed by atoms with van der Waals surface area (Å²) in [5.41, 5.74) is 11.0. The lowest BCUT2D eigenvalue weighted by Gasteiger charge is -2.01. The molecule has 1 aliphatic rings. The van der Waals surface area contributed by atoms with Crippen LogP contribution in [0.15, 0.2) is 36.5 Å². The molecule has 4 rings (SSSR count). The van der Waals surface area contributed by atoms with Gasteiger partial charge in [0.2, 0.25) is 0 Å². The van der Waals surface area contributed by atoms with Crippen molar-refractivity contribution in [1.82, 2.24) is 14.6 Å². The molecular formula is C16H14N4O. The second kappa shape index (κ2) is 4.41. The van der Waals surface area contributed by atoms with Crippen LogP contribution in [-0.2, 0) is 12.8 Å². The number of hydrogen-bond acceptors (Lipinski definition) is 3. The van der Waals surface area contributed by atoms with Gasteiger partial charge in [0, 0.05) is 5.56 Å². The van der Waals surface area contributed by atoms with Crippen LogP contribution in [0.5, 0.6) is 0 Å². The zero-order valence-electron chi connectivity index (χ0n) is 11.4. The number of amides is 1. The Balaban J connectivity index is 1.81. The van der Waals surface area contributed by atoms with Gasteiger partial charge in [0.1, 0.15) is 5.69 Å². The zero-order chi connectivity index (χ0) is 14.4. The number of carbonyl (C=O) groups excluding carboxylic acids is 1. The molecule has 104 valence electrons. The minimum absolute atomic E-state index is 0.236. The van der Waals surface area contributed by atoms with E-state index in [9.17, 15) is 4.79 Å². The van der Waals surface area contributed by atoms with Crippen LogP contribution in [0.1, 0.15) is 28.0 Å². The Bertz CT molecular complexity index is 866. The molecule has 1 amide bonds. The second-order valence-electron chi connectivity index (χ2n) is 5.35. The van der Waals surface area contributed by atoms with E-state index in [1.165, 1.54) is 24.0 Å². The van der Waals surface area contributed by atoms with E-state index in [-0.39, 0.29) is 5.69 Å². The summed E-state index contributed by atoms with van der Waals surface area (Å²) < 4.78 is 1.60. The van der Waals surface area contributed by atoms with Gasteiger partial charge in [-0.25, -0.2) is 9.50 Å². The van der Waals surface area contributed by atoms with Crippen molar-refractivity contribution in [2.24, 2.45) is 5.73 Å². The Morgan fingerprint density at radius 2 is 2.00 bits per heavy atom. The van der Waals surface area contributed by atoms with Crippen LogP contribution < -0.4 is 5.73 Å². The molecule has 0 aliphatic heterocycles. The van der Waals surface area contributed by atoms with E-state index < -0.39 is 5.91 Å². The first-order chi connectivity index (χ1) is 10.2. The van der Waals surface area contributed by atoms with Gasteiger partial charge in [0.05, 0.1) is 11.9 Å². The van der Waals surface area contributed by atoms with E-state index in [4.69, 9.17) is 5.73 Å². The molecule has 3 aromatic rings. The molecule has 0 unspecified atom stereocenters. The van der Waals surface area contributed by atoms with Gasteiger partial charge in [-0.2, -0.15) is 5.10 Å². The predicted molar refractivity (Wildman–Crippen MR) is 79.0 cm³/mol. The average molecular weight is 278 g/mol. The number of rotatable bonds is 2. The maximum absolute atomic E-state index is 11.2. The van der Waals surface area contributed by atoms with Crippen molar-refractivity contribution >= 4 is 11.6 Å². The Labute approximate surface area is 121 Å². The lowest BCUT2D eigenvalue weighted by atomic mass is 10.1. The van der Waals surface area contributed by atoms with Crippen LogP contribution in [0, 0.1) is 0 Å². The molecule has 5 nitrogen and oxygen atoms in total. The Morgan fingerprint density at radius 3 is 2.86 bits per heavy atom. The zero-order valence-corrected chi connectivity index (χ0v) is 11.4. The van der Waals surface area contributed by atoms with Crippen molar-refractivity contribution < 1.29 is 4.79 Å². The number of nitrogens with zero attached hydrogens (tertiary/aromatic N) is 3. The van der Waals surface area contributed by atoms with Crippen LogP contribution in [0.2, 0.25) is 0 Å². The first-order valence-electron chi connectivity index (χ1n) is 6.99. The summed E-state index contributed by atoms with van der Waals surface area (Å²) in [6.45, 7) is 0. The third-order valence-electron chi connectivity index (χ3n) is 3.97. The Kier molecular flexibility index (Phi) is 2.54. The largest absolute Gasteiger partial charge is 0.364 e. The number of carbonyl (C=O) groups is 1. The molecule has 2 heterocycles. The molecule has 0 radical (unpaired) electrons. The molecule has 2 aromatic heterocycles. The SMILES string of the molecule is NC(=O)c1ccc2nc(-c3ccc4c(c3)CCC4)cn2n1. The van der Waals surface area contributed by atoms with Crippen LogP contribution in [0.25, 0.3) is 16.9 Å². The first kappa shape index (κ1) is 12.1. The van der Waals surface area contributed by atoms with Gasteiger partial charge in [0.15, 0.2) is 5.65 Å². The molecular weight excluding hydrogens is 264 g/mol. The number of benzene rings is 1. The molecule has 0 saturated carbocycles. The number of aryl methyl sites for hydroxylation is 2. The third-order valence-corrected chi connectivity index (χ3v) is 3.97. The maximum atomic E-state index is 11.2. The van der Waals surface area contributed by atoms with E-state index >= 15 is 0 Å². The predicted octanol–water partition coefficient (Wildman–Crippen LogP) is 1.98. The van der Waals surface area contributed by atoms with E-state index in [0.717, 1.165) is 17.7 Å². The summed E-state index contributed by atoms with van der Waals surface area (Å²) >= 11 is 0. The molecule has 0 fully saturated rings. The number of hydrogen-bond donors (Lipinski definition) is 1. The summed E-state index contributed by atoms with van der Waals surface area (Å²) in [5.74, 6) is -0.537. The van der Waals surface area contributed by atoms with Gasteiger partial charge >= 0.3 is 0 Å². The number of nitrogens with two attached hydrogens (primary N) is 1. The minimum atomic E-state index is -0.537. The highest BCUT2D eigenvalue weighted by Crippen LogP contribution is 2.27. The van der Waals surface area contributed by atoms with Crippen LogP contribution in [0.3, 0.4) is 0 Å². The monoisotopic (exact) mass is 278 g/mol. The van der Waals surface area contributed by atoms with Crippen LogP contribution in [-0.4, -0.2) is 20.5 Å². The van der Waals surface area contributed by atoms with Crippen molar-refractivity contribution in [3.8, 4) is 11.3 Å². The minimum Gasteiger partial charge on any atom is -0.364 e. The van der Waals surface area contributed by atoms with Crippen molar-refractivity contribution in [2.75, 3.05) is 0 Å². The summed E-state index contributed by atoms with van der Waals surface area (Å²) in [7, 11) is 0. The lowest BCUT2D eigenvalue weighted by molar-refractivity contribution is 0.0994. The summed E-state index contributed by atoms with van der Waals surface area (Å²) in [6, 6.07) is 9.84. The fourth-order valence-electron chi connectivity index (χ4n) is 2.88. The fraction of sp³-hybridized carbons (Fsp3) is 0.188. The van der Waals surface area contributed by atoms with Gasteiger partial charge in [-0.3, -0.25) is 4.79 Å². The topological polar surface area (TPSA) is 73.3 Å². The maximum Gasteiger partial charge on any atom is 0.269 e. The van der Waals surface area contributed by atoms with E-state index in [2.05, 4.69) is 28.3 Å². The summed E-state index contributed by atoms with van der Waals surface area (Å²) in [6.07, 6.45) is 5.37. The molecule has 0 atom stereocenters.